The molecule has 0 radical (unpaired) electrons. The number of halogens is 1. The van der Waals surface area contributed by atoms with Crippen LogP contribution in [0.3, 0.4) is 0 Å². The van der Waals surface area contributed by atoms with Gasteiger partial charge in [-0.1, -0.05) is 18.2 Å². The maximum Gasteiger partial charge on any atom is 0.249 e. The zero-order valence-corrected chi connectivity index (χ0v) is 13.9. The van der Waals surface area contributed by atoms with E-state index >= 15 is 0 Å². The summed E-state index contributed by atoms with van der Waals surface area (Å²) in [5.74, 6) is 0.593. The third kappa shape index (κ3) is 3.47. The molecule has 3 fully saturated rings. The number of nitrogens with one attached hydrogen (secondary N) is 1. The number of hydrogen-bond donors (Lipinski definition) is 1. The van der Waals surface area contributed by atoms with E-state index in [0.717, 1.165) is 37.9 Å². The van der Waals surface area contributed by atoms with E-state index in [0.29, 0.717) is 18.5 Å². The number of hydrogen-bond acceptors (Lipinski definition) is 3. The number of fused-ring (bicyclic) bond motifs is 1. The second-order valence-electron chi connectivity index (χ2n) is 7.35. The van der Waals surface area contributed by atoms with Gasteiger partial charge in [0.25, 0.3) is 0 Å². The number of amides is 1. The third-order valence-corrected chi connectivity index (χ3v) is 5.55. The second kappa shape index (κ2) is 6.81. The largest absolute Gasteiger partial charge is 0.363 e. The van der Waals surface area contributed by atoms with Crippen molar-refractivity contribution in [2.45, 2.75) is 56.9 Å². The third-order valence-electron chi connectivity index (χ3n) is 5.55. The van der Waals surface area contributed by atoms with Gasteiger partial charge in [-0.2, -0.15) is 0 Å². The van der Waals surface area contributed by atoms with Crippen LogP contribution in [0.5, 0.6) is 0 Å². The number of carbonyl (C=O) groups is 1. The highest BCUT2D eigenvalue weighted by molar-refractivity contribution is 5.80. The number of likely N-dealkylation sites (tertiary alicyclic amines) is 1. The lowest BCUT2D eigenvalue weighted by Crippen LogP contribution is -2.48. The Labute approximate surface area is 142 Å². The summed E-state index contributed by atoms with van der Waals surface area (Å²) in [6, 6.07) is 7.27. The highest BCUT2D eigenvalue weighted by Crippen LogP contribution is 2.33. The molecule has 3 atom stereocenters. The first kappa shape index (κ1) is 16.0. The summed E-state index contributed by atoms with van der Waals surface area (Å²) in [7, 11) is 0. The minimum atomic E-state index is -0.307. The van der Waals surface area contributed by atoms with E-state index in [2.05, 4.69) is 10.2 Å². The Bertz CT molecular complexity index is 605. The van der Waals surface area contributed by atoms with Crippen molar-refractivity contribution in [1.82, 2.24) is 10.2 Å². The molecule has 2 aliphatic heterocycles. The Morgan fingerprint density at radius 3 is 2.83 bits per heavy atom. The summed E-state index contributed by atoms with van der Waals surface area (Å²) < 4.78 is 20.0. The van der Waals surface area contributed by atoms with Crippen LogP contribution in [0.25, 0.3) is 0 Å². The van der Waals surface area contributed by atoms with Gasteiger partial charge < -0.3 is 10.1 Å². The van der Waals surface area contributed by atoms with Crippen LogP contribution in [0.2, 0.25) is 0 Å². The van der Waals surface area contributed by atoms with Crippen molar-refractivity contribution in [3.05, 3.63) is 35.6 Å². The standard InChI is InChI=1S/C19H25FN2O2/c20-15-4-2-1-3-14(15)12-22-10-9-17-16(22)7-8-18(24-17)19(23)21-11-13-5-6-13/h1-4,13,16-18H,5-12H2,(H,21,23)/t16-,17-,18+/m0/s1. The molecule has 0 bridgehead atoms. The molecule has 1 N–H and O–H groups in total. The van der Waals surface area contributed by atoms with Gasteiger partial charge in [0.2, 0.25) is 5.91 Å². The zero-order valence-electron chi connectivity index (χ0n) is 13.9. The molecule has 4 nitrogen and oxygen atoms in total. The number of benzene rings is 1. The van der Waals surface area contributed by atoms with Crippen molar-refractivity contribution < 1.29 is 13.9 Å². The average molecular weight is 332 g/mol. The van der Waals surface area contributed by atoms with E-state index in [1.54, 1.807) is 6.07 Å². The Morgan fingerprint density at radius 2 is 2.04 bits per heavy atom. The Morgan fingerprint density at radius 1 is 1.21 bits per heavy atom. The van der Waals surface area contributed by atoms with E-state index < -0.39 is 0 Å². The molecule has 1 aliphatic carbocycles. The van der Waals surface area contributed by atoms with Crippen LogP contribution in [-0.4, -0.2) is 42.1 Å². The molecule has 0 unspecified atom stereocenters. The fraction of sp³-hybridized carbons (Fsp3) is 0.632. The molecule has 0 aromatic heterocycles. The molecule has 1 aromatic rings. The Kier molecular flexibility index (Phi) is 4.55. The van der Waals surface area contributed by atoms with Gasteiger partial charge in [-0.05, 0) is 44.1 Å². The molecule has 4 rings (SSSR count). The lowest BCUT2D eigenvalue weighted by molar-refractivity contribution is -0.144. The Hall–Kier alpha value is -1.46. The first-order valence-electron chi connectivity index (χ1n) is 9.11. The van der Waals surface area contributed by atoms with Gasteiger partial charge in [0.15, 0.2) is 0 Å². The quantitative estimate of drug-likeness (QED) is 0.901. The van der Waals surface area contributed by atoms with Gasteiger partial charge in [-0.25, -0.2) is 4.39 Å². The van der Waals surface area contributed by atoms with Gasteiger partial charge in [0, 0.05) is 31.2 Å². The van der Waals surface area contributed by atoms with Gasteiger partial charge in [0.05, 0.1) is 6.10 Å². The number of carbonyl (C=O) groups excluding carboxylic acids is 1. The maximum absolute atomic E-state index is 13.9. The first-order valence-corrected chi connectivity index (χ1v) is 9.11. The van der Waals surface area contributed by atoms with Crippen LogP contribution in [0.4, 0.5) is 4.39 Å². The lowest BCUT2D eigenvalue weighted by Gasteiger charge is -2.35. The summed E-state index contributed by atoms with van der Waals surface area (Å²) in [5, 5.41) is 3.03. The second-order valence-corrected chi connectivity index (χ2v) is 7.35. The summed E-state index contributed by atoms with van der Waals surface area (Å²) in [5.41, 5.74) is 0.738. The van der Waals surface area contributed by atoms with Crippen molar-refractivity contribution >= 4 is 5.91 Å². The van der Waals surface area contributed by atoms with Crippen LogP contribution in [0.1, 0.15) is 37.7 Å². The monoisotopic (exact) mass is 332 g/mol. The predicted octanol–water partition coefficient (Wildman–Crippen LogP) is 2.47. The first-order chi connectivity index (χ1) is 11.7. The Balaban J connectivity index is 1.32. The fourth-order valence-electron chi connectivity index (χ4n) is 3.93. The normalized spacial score (nSPS) is 30.1. The van der Waals surface area contributed by atoms with Crippen molar-refractivity contribution in [2.75, 3.05) is 13.1 Å². The molecule has 0 spiro atoms. The maximum atomic E-state index is 13.9. The van der Waals surface area contributed by atoms with Crippen molar-refractivity contribution in [3.63, 3.8) is 0 Å². The fourth-order valence-corrected chi connectivity index (χ4v) is 3.93. The number of nitrogens with zero attached hydrogens (tertiary/aromatic N) is 1. The van der Waals surface area contributed by atoms with Gasteiger partial charge in [0.1, 0.15) is 11.9 Å². The summed E-state index contributed by atoms with van der Waals surface area (Å²) in [4.78, 5) is 14.5. The molecule has 2 saturated heterocycles. The number of ether oxygens (including phenoxy) is 1. The smallest absolute Gasteiger partial charge is 0.249 e. The van der Waals surface area contributed by atoms with Gasteiger partial charge in [-0.15, -0.1) is 0 Å². The summed E-state index contributed by atoms with van der Waals surface area (Å²) in [6.45, 7) is 2.32. The predicted molar refractivity (Wildman–Crippen MR) is 88.8 cm³/mol. The highest BCUT2D eigenvalue weighted by atomic mass is 19.1. The zero-order chi connectivity index (χ0) is 16.5. The molecular formula is C19H25FN2O2. The summed E-state index contributed by atoms with van der Waals surface area (Å²) >= 11 is 0. The van der Waals surface area contributed by atoms with Crippen LogP contribution in [-0.2, 0) is 16.1 Å². The molecule has 1 amide bonds. The number of rotatable bonds is 5. The molecule has 5 heteroatoms. The van der Waals surface area contributed by atoms with Crippen LogP contribution < -0.4 is 5.32 Å². The molecule has 24 heavy (non-hydrogen) atoms. The van der Waals surface area contributed by atoms with E-state index in [9.17, 15) is 9.18 Å². The minimum absolute atomic E-state index is 0.0490. The van der Waals surface area contributed by atoms with E-state index in [1.165, 1.54) is 18.9 Å². The molecule has 1 saturated carbocycles. The molecule has 2 heterocycles. The summed E-state index contributed by atoms with van der Waals surface area (Å²) in [6.07, 6.45) is 4.89. The van der Waals surface area contributed by atoms with E-state index in [-0.39, 0.29) is 23.9 Å². The van der Waals surface area contributed by atoms with Crippen molar-refractivity contribution in [1.29, 1.82) is 0 Å². The SMILES string of the molecule is O=C(NCC1CC1)[C@H]1CC[C@H]2[C@H](CCN2Cc2ccccc2F)O1. The van der Waals surface area contributed by atoms with Gasteiger partial charge in [-0.3, -0.25) is 9.69 Å². The van der Waals surface area contributed by atoms with Crippen LogP contribution in [0.15, 0.2) is 24.3 Å². The van der Waals surface area contributed by atoms with Crippen molar-refractivity contribution in [3.8, 4) is 0 Å². The molecule has 1 aromatic carbocycles. The van der Waals surface area contributed by atoms with Crippen molar-refractivity contribution in [2.24, 2.45) is 5.92 Å². The van der Waals surface area contributed by atoms with Crippen LogP contribution in [0, 0.1) is 11.7 Å². The molecule has 130 valence electrons. The minimum Gasteiger partial charge on any atom is -0.363 e. The van der Waals surface area contributed by atoms with Crippen LogP contribution >= 0.6 is 0 Å². The van der Waals surface area contributed by atoms with Gasteiger partial charge >= 0.3 is 0 Å². The highest BCUT2D eigenvalue weighted by Gasteiger charge is 2.41. The van der Waals surface area contributed by atoms with E-state index in [1.807, 2.05) is 12.1 Å². The van der Waals surface area contributed by atoms with E-state index in [4.69, 9.17) is 4.74 Å². The average Bonchev–Trinajstić information content (AvgIpc) is 3.35. The topological polar surface area (TPSA) is 41.6 Å². The molecular weight excluding hydrogens is 307 g/mol. The molecule has 3 aliphatic rings. The lowest BCUT2D eigenvalue weighted by atomic mass is 9.98.